The van der Waals surface area contributed by atoms with Crippen LogP contribution in [0.25, 0.3) is 5.57 Å². The van der Waals surface area contributed by atoms with Crippen LogP contribution < -0.4 is 10.6 Å². The Morgan fingerprint density at radius 3 is 2.30 bits per heavy atom. The lowest BCUT2D eigenvalue weighted by Gasteiger charge is -2.52. The minimum absolute atomic E-state index is 0.0255. The Hall–Kier alpha value is -3.63. The van der Waals surface area contributed by atoms with Gasteiger partial charge in [0.15, 0.2) is 34.7 Å². The summed E-state index contributed by atoms with van der Waals surface area (Å²) in [5, 5.41) is 23.6. The summed E-state index contributed by atoms with van der Waals surface area (Å²) >= 11 is 0. The second-order valence-electron chi connectivity index (χ2n) is 14.9. The van der Waals surface area contributed by atoms with Crippen molar-refractivity contribution in [2.75, 3.05) is 33.1 Å². The Morgan fingerprint density at radius 2 is 1.70 bits per heavy atom. The van der Waals surface area contributed by atoms with Crippen molar-refractivity contribution in [3.8, 4) is 5.75 Å². The fourth-order valence-corrected chi connectivity index (χ4v) is 9.11. The predicted molar refractivity (Wildman–Crippen MR) is 172 cm³/mol. The Morgan fingerprint density at radius 1 is 1.02 bits per heavy atom. The van der Waals surface area contributed by atoms with Crippen molar-refractivity contribution >= 4 is 40.3 Å². The third-order valence-corrected chi connectivity index (χ3v) is 11.5. The van der Waals surface area contributed by atoms with E-state index < -0.39 is 64.4 Å². The highest BCUT2D eigenvalue weighted by molar-refractivity contribution is 6.32. The van der Waals surface area contributed by atoms with Crippen LogP contribution in [-0.2, 0) is 25.6 Å². The number of nitrogens with two attached hydrogens (primary N) is 1. The van der Waals surface area contributed by atoms with Crippen LogP contribution in [-0.4, -0.2) is 84.0 Å². The van der Waals surface area contributed by atoms with E-state index in [1.165, 1.54) is 36.2 Å². The van der Waals surface area contributed by atoms with Crippen molar-refractivity contribution in [2.45, 2.75) is 69.9 Å². The summed E-state index contributed by atoms with van der Waals surface area (Å²) in [4.78, 5) is 71.2. The summed E-state index contributed by atoms with van der Waals surface area (Å²) in [7, 11) is 6.87. The number of primary amides is 1. The second-order valence-corrected chi connectivity index (χ2v) is 14.9. The van der Waals surface area contributed by atoms with Crippen molar-refractivity contribution in [1.29, 1.82) is 0 Å². The van der Waals surface area contributed by atoms with Gasteiger partial charge in [0.1, 0.15) is 5.75 Å². The van der Waals surface area contributed by atoms with E-state index in [2.05, 4.69) is 13.0 Å². The van der Waals surface area contributed by atoms with Gasteiger partial charge in [-0.1, -0.05) is 37.5 Å². The summed E-state index contributed by atoms with van der Waals surface area (Å²) in [5.74, 6) is -8.90. The first-order valence-corrected chi connectivity index (χ1v) is 16.5. The van der Waals surface area contributed by atoms with Gasteiger partial charge in [0.2, 0.25) is 5.91 Å². The number of phenols is 1. The number of hydrogen-bond acceptors (Lipinski definition) is 9. The van der Waals surface area contributed by atoms with Crippen LogP contribution in [0, 0.1) is 35.5 Å². The van der Waals surface area contributed by atoms with E-state index in [0.717, 1.165) is 23.6 Å². The highest BCUT2D eigenvalue weighted by Crippen LogP contribution is 2.53. The first-order chi connectivity index (χ1) is 21.7. The number of carbonyl (C=O) groups excluding carboxylic acids is 5. The summed E-state index contributed by atoms with van der Waals surface area (Å²) in [6.07, 6.45) is 11.0. The Kier molecular flexibility index (Phi) is 8.12. The number of aromatic hydroxyl groups is 1. The second kappa shape index (κ2) is 11.6. The molecule has 1 amide bonds. The predicted octanol–water partition coefficient (Wildman–Crippen LogP) is 2.86. The molecule has 3 fully saturated rings. The van der Waals surface area contributed by atoms with E-state index in [4.69, 9.17) is 5.73 Å². The molecule has 1 aromatic carbocycles. The normalized spacial score (nSPS) is 34.1. The Bertz CT molecular complexity index is 1600. The number of fused-ring (bicyclic) bond motifs is 3. The number of rotatable bonds is 6. The number of carbonyl (C=O) groups is 5. The third-order valence-electron chi connectivity index (χ3n) is 11.5. The molecule has 10 heteroatoms. The lowest BCUT2D eigenvalue weighted by atomic mass is 9.52. The van der Waals surface area contributed by atoms with E-state index in [-0.39, 0.29) is 24.2 Å². The molecule has 6 atom stereocenters. The molecule has 0 aromatic heterocycles. The number of allylic oxidation sites excluding steroid dienone is 4. The number of likely N-dealkylation sites (N-methyl/N-ethyl adjacent to an activating group) is 1. The molecule has 2 unspecified atom stereocenters. The average Bonchev–Trinajstić information content (AvgIpc) is 3.44. The van der Waals surface area contributed by atoms with E-state index in [0.29, 0.717) is 23.5 Å². The van der Waals surface area contributed by atoms with Crippen LogP contribution >= 0.6 is 0 Å². The molecule has 0 aliphatic heterocycles. The lowest BCUT2D eigenvalue weighted by Crippen LogP contribution is -2.74. The maximum absolute atomic E-state index is 14.4. The summed E-state index contributed by atoms with van der Waals surface area (Å²) in [6.45, 7) is 2.31. The number of Topliss-reactive ketones (excluding diaryl/α,β-unsaturated/α-hetero) is 4. The molecule has 10 nitrogen and oxygen atoms in total. The zero-order valence-corrected chi connectivity index (χ0v) is 27.3. The quantitative estimate of drug-likeness (QED) is 0.402. The van der Waals surface area contributed by atoms with Crippen molar-refractivity contribution in [3.63, 3.8) is 0 Å². The zero-order valence-electron chi connectivity index (χ0n) is 27.3. The van der Waals surface area contributed by atoms with Gasteiger partial charge in [-0.25, -0.2) is 0 Å². The van der Waals surface area contributed by atoms with Crippen molar-refractivity contribution in [3.05, 3.63) is 40.5 Å². The topological polar surface area (TPSA) is 158 Å². The number of hydrogen-bond donors (Lipinski definition) is 3. The van der Waals surface area contributed by atoms with Gasteiger partial charge in [0.05, 0.1) is 17.5 Å². The smallest absolute Gasteiger partial charge is 0.235 e. The van der Waals surface area contributed by atoms with E-state index in [1.54, 1.807) is 14.1 Å². The van der Waals surface area contributed by atoms with E-state index in [1.807, 2.05) is 31.1 Å². The number of nitrogens with zero attached hydrogens (tertiary/aromatic N) is 2. The molecule has 1 aromatic rings. The number of benzene rings is 1. The van der Waals surface area contributed by atoms with Crippen LogP contribution in [0.5, 0.6) is 5.75 Å². The third kappa shape index (κ3) is 4.87. The molecule has 3 saturated carbocycles. The van der Waals surface area contributed by atoms with Crippen LogP contribution in [0.1, 0.15) is 73.4 Å². The van der Waals surface area contributed by atoms with Gasteiger partial charge < -0.3 is 20.8 Å². The number of amides is 1. The molecule has 4 N–H and O–H groups in total. The van der Waals surface area contributed by atoms with Crippen LogP contribution in [0.3, 0.4) is 0 Å². The molecule has 46 heavy (non-hydrogen) atoms. The Balaban J connectivity index is 1.36. The maximum Gasteiger partial charge on any atom is 0.235 e. The van der Waals surface area contributed by atoms with Crippen LogP contribution in [0.2, 0.25) is 0 Å². The van der Waals surface area contributed by atoms with Gasteiger partial charge in [-0.2, -0.15) is 0 Å². The molecule has 0 spiro atoms. The fraction of sp³-hybridized carbons (Fsp3) is 0.583. The molecule has 0 saturated heterocycles. The maximum atomic E-state index is 14.4. The van der Waals surface area contributed by atoms with Crippen molar-refractivity contribution < 1.29 is 34.2 Å². The number of phenolic OH excluding ortho intramolecular Hbond substituents is 1. The van der Waals surface area contributed by atoms with Crippen LogP contribution in [0.4, 0.5) is 5.69 Å². The molecule has 0 bridgehead atoms. The van der Waals surface area contributed by atoms with Gasteiger partial charge in [0.25, 0.3) is 0 Å². The van der Waals surface area contributed by atoms with Gasteiger partial charge in [0, 0.05) is 31.3 Å². The van der Waals surface area contributed by atoms with Gasteiger partial charge in [-0.05, 0) is 87.6 Å². The van der Waals surface area contributed by atoms with Crippen molar-refractivity contribution in [2.24, 2.45) is 41.2 Å². The number of anilines is 1. The van der Waals surface area contributed by atoms with Gasteiger partial charge in [-0.15, -0.1) is 0 Å². The van der Waals surface area contributed by atoms with E-state index >= 15 is 0 Å². The lowest BCUT2D eigenvalue weighted by molar-refractivity contribution is -0.181. The van der Waals surface area contributed by atoms with Crippen molar-refractivity contribution in [1.82, 2.24) is 4.90 Å². The molecule has 246 valence electrons. The molecular weight excluding hydrogens is 586 g/mol. The number of aliphatic hydroxyl groups is 1. The largest absolute Gasteiger partial charge is 0.507 e. The highest BCUT2D eigenvalue weighted by atomic mass is 16.3. The highest BCUT2D eigenvalue weighted by Gasteiger charge is 2.69. The first kappa shape index (κ1) is 32.3. The molecular formula is C36H45N3O7. The van der Waals surface area contributed by atoms with Gasteiger partial charge in [-0.3, -0.25) is 28.9 Å². The minimum atomic E-state index is -2.74. The van der Waals surface area contributed by atoms with Gasteiger partial charge >= 0.3 is 0 Å². The summed E-state index contributed by atoms with van der Waals surface area (Å²) < 4.78 is 0. The van der Waals surface area contributed by atoms with E-state index in [9.17, 15) is 34.2 Å². The summed E-state index contributed by atoms with van der Waals surface area (Å²) in [6, 6.07) is 0.778. The molecule has 6 rings (SSSR count). The molecule has 5 aliphatic rings. The first-order valence-electron chi connectivity index (χ1n) is 16.5. The minimum Gasteiger partial charge on any atom is -0.507 e. The molecule has 0 heterocycles. The molecule has 5 aliphatic carbocycles. The van der Waals surface area contributed by atoms with Crippen LogP contribution in [0.15, 0.2) is 23.8 Å². The Labute approximate surface area is 269 Å². The number of ketones is 4. The molecule has 0 radical (unpaired) electrons. The standard InChI is InChI=1S/C36H45N3O7/c1-17-6-8-18(9-7-17)12-19-10-11-20(13-19)22-16-25(38(2)3)23-14-21-15-24-29(39(4)5)32(42)28(35(37)45)34(44)36(24,46)33(43)26(21)31(41)27(23)30(22)40/h10-11,16-18,21,24,26,28-29,40,46H,6-9,12-15H2,1-5H3,(H2,37,45)/t17?,18?,21-,24-,26?,28?,29-,36-/m0/s1. The summed E-state index contributed by atoms with van der Waals surface area (Å²) in [5.41, 5.74) is 6.78. The SMILES string of the molecule is CC1CCC(CC2=CC=C(c3cc(N(C)C)c4c(c3O)C(=O)C3C(=O)[C@]5(O)C(=O)C(C(N)=O)C(=O)[C@@H](N(C)C)[C@@H]5C[C@@H]3C4)C2)CC1. The monoisotopic (exact) mass is 631 g/mol. The average molecular weight is 632 g/mol. The fourth-order valence-electron chi connectivity index (χ4n) is 9.11. The zero-order chi connectivity index (χ0) is 33.4.